The van der Waals surface area contributed by atoms with E-state index in [1.165, 1.54) is 0 Å². The molecule has 1 unspecified atom stereocenters. The zero-order chi connectivity index (χ0) is 12.5. The van der Waals surface area contributed by atoms with E-state index in [-0.39, 0.29) is 11.7 Å². The Balaban J connectivity index is 2.64. The molecule has 0 aliphatic rings. The standard InChI is InChI=1S/C14H22FNS/c1-3-9-16-11-12(8-10-17-2)13-6-4-5-7-14(13)15/h4-7,12,16H,3,8-11H2,1-2H3. The number of halogens is 1. The molecular formula is C14H22FNS. The van der Waals surface area contributed by atoms with Crippen molar-refractivity contribution in [3.63, 3.8) is 0 Å². The highest BCUT2D eigenvalue weighted by molar-refractivity contribution is 7.98. The Labute approximate surface area is 108 Å². The second kappa shape index (κ2) is 8.54. The van der Waals surface area contributed by atoms with Crippen LogP contribution in [0.2, 0.25) is 0 Å². The van der Waals surface area contributed by atoms with Gasteiger partial charge in [0.1, 0.15) is 5.82 Å². The van der Waals surface area contributed by atoms with E-state index in [1.54, 1.807) is 12.1 Å². The predicted molar refractivity (Wildman–Crippen MR) is 75.3 cm³/mol. The summed E-state index contributed by atoms with van der Waals surface area (Å²) in [5.41, 5.74) is 0.852. The molecule has 96 valence electrons. The first-order valence-electron chi connectivity index (χ1n) is 6.23. The maximum atomic E-state index is 13.7. The van der Waals surface area contributed by atoms with E-state index in [1.807, 2.05) is 23.9 Å². The highest BCUT2D eigenvalue weighted by Crippen LogP contribution is 2.23. The van der Waals surface area contributed by atoms with Gasteiger partial charge in [0.25, 0.3) is 0 Å². The molecule has 0 spiro atoms. The molecular weight excluding hydrogens is 233 g/mol. The average molecular weight is 255 g/mol. The normalized spacial score (nSPS) is 12.6. The highest BCUT2D eigenvalue weighted by atomic mass is 32.2. The minimum Gasteiger partial charge on any atom is -0.316 e. The lowest BCUT2D eigenvalue weighted by atomic mass is 9.96. The van der Waals surface area contributed by atoms with Crippen LogP contribution in [0.5, 0.6) is 0 Å². The predicted octanol–water partition coefficient (Wildman–Crippen LogP) is 3.66. The van der Waals surface area contributed by atoms with Crippen molar-refractivity contribution in [3.8, 4) is 0 Å². The molecule has 1 atom stereocenters. The number of nitrogens with one attached hydrogen (secondary N) is 1. The monoisotopic (exact) mass is 255 g/mol. The van der Waals surface area contributed by atoms with E-state index >= 15 is 0 Å². The van der Waals surface area contributed by atoms with Gasteiger partial charge in [-0.2, -0.15) is 11.8 Å². The lowest BCUT2D eigenvalue weighted by Crippen LogP contribution is -2.23. The van der Waals surface area contributed by atoms with Crippen LogP contribution in [0.3, 0.4) is 0 Å². The zero-order valence-electron chi connectivity index (χ0n) is 10.7. The van der Waals surface area contributed by atoms with Gasteiger partial charge in [-0.25, -0.2) is 4.39 Å². The minimum atomic E-state index is -0.0723. The van der Waals surface area contributed by atoms with E-state index in [0.29, 0.717) is 0 Å². The van der Waals surface area contributed by atoms with Crippen molar-refractivity contribution in [2.75, 3.05) is 25.1 Å². The molecule has 3 heteroatoms. The van der Waals surface area contributed by atoms with Gasteiger partial charge in [-0.3, -0.25) is 0 Å². The summed E-state index contributed by atoms with van der Waals surface area (Å²) >= 11 is 1.82. The van der Waals surface area contributed by atoms with Gasteiger partial charge in [0.2, 0.25) is 0 Å². The molecule has 0 bridgehead atoms. The van der Waals surface area contributed by atoms with Crippen LogP contribution in [0, 0.1) is 5.82 Å². The van der Waals surface area contributed by atoms with Gasteiger partial charge in [-0.1, -0.05) is 25.1 Å². The Morgan fingerprint density at radius 1 is 1.35 bits per heavy atom. The van der Waals surface area contributed by atoms with Crippen molar-refractivity contribution < 1.29 is 4.39 Å². The van der Waals surface area contributed by atoms with E-state index < -0.39 is 0 Å². The van der Waals surface area contributed by atoms with Gasteiger partial charge < -0.3 is 5.32 Å². The van der Waals surface area contributed by atoms with Crippen LogP contribution in [-0.2, 0) is 0 Å². The fourth-order valence-corrected chi connectivity index (χ4v) is 2.41. The maximum Gasteiger partial charge on any atom is 0.126 e. The molecule has 0 aliphatic carbocycles. The number of hydrogen-bond donors (Lipinski definition) is 1. The lowest BCUT2D eigenvalue weighted by Gasteiger charge is -2.18. The summed E-state index contributed by atoms with van der Waals surface area (Å²) in [6.07, 6.45) is 4.24. The molecule has 0 aromatic heterocycles. The Morgan fingerprint density at radius 3 is 2.76 bits per heavy atom. The molecule has 17 heavy (non-hydrogen) atoms. The Kier molecular flexibility index (Phi) is 7.29. The van der Waals surface area contributed by atoms with Crippen molar-refractivity contribution in [2.24, 2.45) is 0 Å². The summed E-state index contributed by atoms with van der Waals surface area (Å²) in [5.74, 6) is 1.29. The third-order valence-corrected chi connectivity index (χ3v) is 3.48. The molecule has 1 aromatic rings. The molecule has 1 nitrogen and oxygen atoms in total. The van der Waals surface area contributed by atoms with Crippen LogP contribution in [0.4, 0.5) is 4.39 Å². The summed E-state index contributed by atoms with van der Waals surface area (Å²) < 4.78 is 13.7. The summed E-state index contributed by atoms with van der Waals surface area (Å²) in [6, 6.07) is 7.14. The minimum absolute atomic E-state index is 0.0723. The molecule has 1 N–H and O–H groups in total. The summed E-state index contributed by atoms with van der Waals surface area (Å²) in [4.78, 5) is 0. The van der Waals surface area contributed by atoms with Gasteiger partial charge in [0.05, 0.1) is 0 Å². The van der Waals surface area contributed by atoms with Gasteiger partial charge in [-0.05, 0) is 43.0 Å². The smallest absolute Gasteiger partial charge is 0.126 e. The SMILES string of the molecule is CCCNCC(CCSC)c1ccccc1F. The third kappa shape index (κ3) is 5.09. The van der Waals surface area contributed by atoms with Gasteiger partial charge in [0, 0.05) is 12.5 Å². The first-order chi connectivity index (χ1) is 8.29. The maximum absolute atomic E-state index is 13.7. The van der Waals surface area contributed by atoms with Crippen LogP contribution in [0.25, 0.3) is 0 Å². The molecule has 1 rings (SSSR count). The topological polar surface area (TPSA) is 12.0 Å². The number of rotatable bonds is 8. The molecule has 0 saturated heterocycles. The fraction of sp³-hybridized carbons (Fsp3) is 0.571. The van der Waals surface area contributed by atoms with Crippen molar-refractivity contribution in [2.45, 2.75) is 25.7 Å². The Morgan fingerprint density at radius 2 is 2.12 bits per heavy atom. The molecule has 0 amide bonds. The molecule has 0 saturated carbocycles. The van der Waals surface area contributed by atoms with Crippen molar-refractivity contribution in [3.05, 3.63) is 35.6 Å². The second-order valence-corrected chi connectivity index (χ2v) is 5.19. The number of benzene rings is 1. The van der Waals surface area contributed by atoms with Crippen LogP contribution in [0.15, 0.2) is 24.3 Å². The second-order valence-electron chi connectivity index (χ2n) is 4.20. The van der Waals surface area contributed by atoms with Crippen LogP contribution >= 0.6 is 11.8 Å². The van der Waals surface area contributed by atoms with Crippen molar-refractivity contribution in [1.29, 1.82) is 0 Å². The van der Waals surface area contributed by atoms with Gasteiger partial charge in [-0.15, -0.1) is 0 Å². The number of hydrogen-bond acceptors (Lipinski definition) is 2. The summed E-state index contributed by atoms with van der Waals surface area (Å²) in [6.45, 7) is 4.02. The third-order valence-electron chi connectivity index (χ3n) is 2.83. The highest BCUT2D eigenvalue weighted by Gasteiger charge is 2.14. The first kappa shape index (κ1) is 14.5. The molecule has 1 aromatic carbocycles. The molecule has 0 heterocycles. The largest absolute Gasteiger partial charge is 0.316 e. The first-order valence-corrected chi connectivity index (χ1v) is 7.63. The number of thioether (sulfide) groups is 1. The zero-order valence-corrected chi connectivity index (χ0v) is 11.5. The van der Waals surface area contributed by atoms with E-state index in [4.69, 9.17) is 0 Å². The van der Waals surface area contributed by atoms with E-state index in [9.17, 15) is 4.39 Å². The summed E-state index contributed by atoms with van der Waals surface area (Å²) in [7, 11) is 0. The average Bonchev–Trinajstić information content (AvgIpc) is 2.35. The lowest BCUT2D eigenvalue weighted by molar-refractivity contribution is 0.531. The Hall–Kier alpha value is -0.540. The van der Waals surface area contributed by atoms with Crippen LogP contribution < -0.4 is 5.32 Å². The fourth-order valence-electron chi connectivity index (χ4n) is 1.89. The molecule has 0 radical (unpaired) electrons. The van der Waals surface area contributed by atoms with Gasteiger partial charge in [0.15, 0.2) is 0 Å². The van der Waals surface area contributed by atoms with E-state index in [0.717, 1.165) is 37.2 Å². The summed E-state index contributed by atoms with van der Waals surface area (Å²) in [5, 5.41) is 3.39. The van der Waals surface area contributed by atoms with Crippen LogP contribution in [-0.4, -0.2) is 25.1 Å². The van der Waals surface area contributed by atoms with Crippen molar-refractivity contribution in [1.82, 2.24) is 5.32 Å². The van der Waals surface area contributed by atoms with E-state index in [2.05, 4.69) is 18.5 Å². The van der Waals surface area contributed by atoms with Gasteiger partial charge >= 0.3 is 0 Å². The quantitative estimate of drug-likeness (QED) is 0.711. The van der Waals surface area contributed by atoms with Crippen molar-refractivity contribution >= 4 is 11.8 Å². The molecule has 0 aliphatic heterocycles. The molecule has 0 fully saturated rings. The van der Waals surface area contributed by atoms with Crippen LogP contribution in [0.1, 0.15) is 31.2 Å². The Bertz CT molecular complexity index is 317.